The van der Waals surface area contributed by atoms with Crippen LogP contribution in [0.25, 0.3) is 0 Å². The lowest BCUT2D eigenvalue weighted by Gasteiger charge is -2.23. The summed E-state index contributed by atoms with van der Waals surface area (Å²) < 4.78 is 5.43. The fourth-order valence-corrected chi connectivity index (χ4v) is 1.47. The second-order valence-electron chi connectivity index (χ2n) is 4.96. The first-order valence-electron chi connectivity index (χ1n) is 6.11. The van der Waals surface area contributed by atoms with Crippen LogP contribution in [0.4, 0.5) is 0 Å². The van der Waals surface area contributed by atoms with Crippen LogP contribution >= 0.6 is 0 Å². The zero-order valence-electron chi connectivity index (χ0n) is 10.9. The van der Waals surface area contributed by atoms with Gasteiger partial charge in [-0.05, 0) is 29.5 Å². The molecule has 0 radical (unpaired) electrons. The zero-order chi connectivity index (χ0) is 12.9. The van der Waals surface area contributed by atoms with Crippen LogP contribution in [0.5, 0.6) is 5.75 Å². The van der Waals surface area contributed by atoms with Gasteiger partial charge in [0, 0.05) is 6.54 Å². The Kier molecular flexibility index (Phi) is 4.97. The highest BCUT2D eigenvalue weighted by Crippen LogP contribution is 2.27. The van der Waals surface area contributed by atoms with Gasteiger partial charge in [-0.2, -0.15) is 0 Å². The molecule has 0 bridgehead atoms. The van der Waals surface area contributed by atoms with Crippen LogP contribution in [0, 0.1) is 0 Å². The van der Waals surface area contributed by atoms with Crippen molar-refractivity contribution in [3.63, 3.8) is 0 Å². The lowest BCUT2D eigenvalue weighted by molar-refractivity contribution is 0.114. The quantitative estimate of drug-likeness (QED) is 0.796. The molecule has 1 unspecified atom stereocenters. The Labute approximate surface area is 104 Å². The minimum absolute atomic E-state index is 0.190. The topological polar surface area (TPSA) is 55.5 Å². The molecule has 0 heterocycles. The van der Waals surface area contributed by atoms with E-state index in [0.717, 1.165) is 12.2 Å². The van der Waals surface area contributed by atoms with Gasteiger partial charge in [-0.1, -0.05) is 32.9 Å². The summed E-state index contributed by atoms with van der Waals surface area (Å²) in [7, 11) is 0. The fourth-order valence-electron chi connectivity index (χ4n) is 1.47. The summed E-state index contributed by atoms with van der Waals surface area (Å²) in [5, 5.41) is 9.29. The average molecular weight is 237 g/mol. The third kappa shape index (κ3) is 4.02. The lowest BCUT2D eigenvalue weighted by Crippen LogP contribution is -2.26. The molecular weight excluding hydrogens is 214 g/mol. The van der Waals surface area contributed by atoms with Crippen molar-refractivity contribution in [1.29, 1.82) is 0 Å². The van der Waals surface area contributed by atoms with Crippen LogP contribution < -0.4 is 10.5 Å². The Morgan fingerprint density at radius 2 is 1.88 bits per heavy atom. The van der Waals surface area contributed by atoms with Crippen molar-refractivity contribution in [3.8, 4) is 5.75 Å². The lowest BCUT2D eigenvalue weighted by atomic mass is 9.82. The first-order chi connectivity index (χ1) is 7.99. The van der Waals surface area contributed by atoms with E-state index in [9.17, 15) is 5.11 Å². The summed E-state index contributed by atoms with van der Waals surface area (Å²) in [6.07, 6.45) is 0.501. The molecule has 0 saturated carbocycles. The van der Waals surface area contributed by atoms with E-state index in [1.807, 2.05) is 12.1 Å². The molecule has 3 N–H and O–H groups in total. The third-order valence-corrected chi connectivity index (χ3v) is 3.23. The van der Waals surface area contributed by atoms with E-state index >= 15 is 0 Å². The molecule has 3 nitrogen and oxygen atoms in total. The molecule has 0 amide bonds. The smallest absolute Gasteiger partial charge is 0.119 e. The number of hydrogen-bond donors (Lipinski definition) is 2. The summed E-state index contributed by atoms with van der Waals surface area (Å²) in [6, 6.07) is 8.04. The molecule has 0 aromatic heterocycles. The van der Waals surface area contributed by atoms with E-state index in [-0.39, 0.29) is 18.6 Å². The number of ether oxygens (including phenoxy) is 1. The van der Waals surface area contributed by atoms with Gasteiger partial charge in [-0.15, -0.1) is 0 Å². The van der Waals surface area contributed by atoms with E-state index in [1.54, 1.807) is 0 Å². The Hall–Kier alpha value is -1.06. The predicted molar refractivity (Wildman–Crippen MR) is 70.3 cm³/mol. The maximum Gasteiger partial charge on any atom is 0.119 e. The summed E-state index contributed by atoms with van der Waals surface area (Å²) in [6.45, 7) is 7.10. The van der Waals surface area contributed by atoms with Crippen molar-refractivity contribution in [1.82, 2.24) is 0 Å². The van der Waals surface area contributed by atoms with E-state index < -0.39 is 6.10 Å². The van der Waals surface area contributed by atoms with Gasteiger partial charge in [0.2, 0.25) is 0 Å². The summed E-state index contributed by atoms with van der Waals surface area (Å²) in [4.78, 5) is 0. The fraction of sp³-hybridized carbons (Fsp3) is 0.571. The predicted octanol–water partition coefficient (Wildman–Crippen LogP) is 2.07. The first kappa shape index (κ1) is 14.0. The van der Waals surface area contributed by atoms with E-state index in [2.05, 4.69) is 32.9 Å². The van der Waals surface area contributed by atoms with Crippen LogP contribution in [0.1, 0.15) is 32.8 Å². The SMILES string of the molecule is CCC(C)(C)c1ccc(OCC(O)CN)cc1. The van der Waals surface area contributed by atoms with Crippen LogP contribution in [0.3, 0.4) is 0 Å². The maximum atomic E-state index is 9.29. The summed E-state index contributed by atoms with van der Waals surface area (Å²) in [5.41, 5.74) is 6.79. The highest BCUT2D eigenvalue weighted by Gasteiger charge is 2.17. The van der Waals surface area contributed by atoms with Gasteiger partial charge in [0.15, 0.2) is 0 Å². The molecule has 0 saturated heterocycles. The van der Waals surface area contributed by atoms with Crippen molar-refractivity contribution in [3.05, 3.63) is 29.8 Å². The number of nitrogens with two attached hydrogens (primary N) is 1. The van der Waals surface area contributed by atoms with E-state index in [4.69, 9.17) is 10.5 Å². The number of rotatable bonds is 6. The minimum Gasteiger partial charge on any atom is -0.491 e. The molecule has 1 aromatic carbocycles. The minimum atomic E-state index is -0.596. The van der Waals surface area contributed by atoms with Crippen LogP contribution in [0.2, 0.25) is 0 Å². The van der Waals surface area contributed by atoms with Gasteiger partial charge in [0.25, 0.3) is 0 Å². The van der Waals surface area contributed by atoms with Gasteiger partial charge in [0.1, 0.15) is 18.5 Å². The Bertz CT molecular complexity index is 333. The molecule has 0 aliphatic heterocycles. The van der Waals surface area contributed by atoms with Crippen LogP contribution in [-0.2, 0) is 5.41 Å². The summed E-state index contributed by atoms with van der Waals surface area (Å²) >= 11 is 0. The molecule has 1 atom stereocenters. The number of aliphatic hydroxyl groups is 1. The second kappa shape index (κ2) is 6.03. The molecule has 0 fully saturated rings. The average Bonchev–Trinajstić information content (AvgIpc) is 2.36. The molecule has 0 aliphatic rings. The van der Waals surface area contributed by atoms with Crippen molar-refractivity contribution in [2.24, 2.45) is 5.73 Å². The second-order valence-corrected chi connectivity index (χ2v) is 4.96. The summed E-state index contributed by atoms with van der Waals surface area (Å²) in [5.74, 6) is 0.771. The zero-order valence-corrected chi connectivity index (χ0v) is 10.9. The highest BCUT2D eigenvalue weighted by atomic mass is 16.5. The first-order valence-corrected chi connectivity index (χ1v) is 6.11. The normalized spacial score (nSPS) is 13.5. The standard InChI is InChI=1S/C14H23NO2/c1-4-14(2,3)11-5-7-13(8-6-11)17-10-12(16)9-15/h5-8,12,16H,4,9-10,15H2,1-3H3. The molecule has 0 spiro atoms. The molecule has 1 aromatic rings. The van der Waals surface area contributed by atoms with Gasteiger partial charge >= 0.3 is 0 Å². The van der Waals surface area contributed by atoms with Gasteiger partial charge in [-0.25, -0.2) is 0 Å². The number of aliphatic hydroxyl groups excluding tert-OH is 1. The van der Waals surface area contributed by atoms with Gasteiger partial charge in [0.05, 0.1) is 0 Å². The Balaban J connectivity index is 2.62. The maximum absolute atomic E-state index is 9.29. The molecule has 1 rings (SSSR count). The molecule has 0 aliphatic carbocycles. The molecular formula is C14H23NO2. The highest BCUT2D eigenvalue weighted by molar-refractivity contribution is 5.31. The third-order valence-electron chi connectivity index (χ3n) is 3.23. The van der Waals surface area contributed by atoms with Gasteiger partial charge < -0.3 is 15.6 Å². The Morgan fingerprint density at radius 3 is 2.35 bits per heavy atom. The van der Waals surface area contributed by atoms with Crippen LogP contribution in [-0.4, -0.2) is 24.4 Å². The number of hydrogen-bond acceptors (Lipinski definition) is 3. The van der Waals surface area contributed by atoms with Crippen molar-refractivity contribution in [2.45, 2.75) is 38.7 Å². The van der Waals surface area contributed by atoms with Crippen molar-refractivity contribution >= 4 is 0 Å². The van der Waals surface area contributed by atoms with Crippen molar-refractivity contribution < 1.29 is 9.84 Å². The van der Waals surface area contributed by atoms with Crippen molar-refractivity contribution in [2.75, 3.05) is 13.2 Å². The van der Waals surface area contributed by atoms with E-state index in [1.165, 1.54) is 5.56 Å². The Morgan fingerprint density at radius 1 is 1.29 bits per heavy atom. The number of benzene rings is 1. The molecule has 3 heteroatoms. The van der Waals surface area contributed by atoms with E-state index in [0.29, 0.717) is 0 Å². The largest absolute Gasteiger partial charge is 0.491 e. The van der Waals surface area contributed by atoms with Gasteiger partial charge in [-0.3, -0.25) is 0 Å². The monoisotopic (exact) mass is 237 g/mol. The molecule has 96 valence electrons. The van der Waals surface area contributed by atoms with Crippen LogP contribution in [0.15, 0.2) is 24.3 Å². The molecule has 17 heavy (non-hydrogen) atoms.